The van der Waals surface area contributed by atoms with Gasteiger partial charge in [0.25, 0.3) is 5.91 Å². The summed E-state index contributed by atoms with van der Waals surface area (Å²) in [6.45, 7) is 0.951. The van der Waals surface area contributed by atoms with Gasteiger partial charge in [0.1, 0.15) is 22.9 Å². The van der Waals surface area contributed by atoms with Crippen molar-refractivity contribution in [2.24, 2.45) is 0 Å². The van der Waals surface area contributed by atoms with Crippen molar-refractivity contribution in [3.8, 4) is 5.75 Å². The van der Waals surface area contributed by atoms with E-state index in [4.69, 9.17) is 14.6 Å². The Kier molecular flexibility index (Phi) is 4.99. The van der Waals surface area contributed by atoms with Crippen LogP contribution in [0.5, 0.6) is 5.75 Å². The molecule has 0 saturated carbocycles. The van der Waals surface area contributed by atoms with Crippen molar-refractivity contribution in [3.63, 3.8) is 0 Å². The molecule has 140 valence electrons. The van der Waals surface area contributed by atoms with E-state index in [0.29, 0.717) is 42.0 Å². The summed E-state index contributed by atoms with van der Waals surface area (Å²) in [5, 5.41) is 22.7. The number of benzene rings is 2. The van der Waals surface area contributed by atoms with E-state index in [9.17, 15) is 4.79 Å². The fourth-order valence-corrected chi connectivity index (χ4v) is 3.07. The zero-order chi connectivity index (χ0) is 18.6. The van der Waals surface area contributed by atoms with Gasteiger partial charge in [0.15, 0.2) is 0 Å². The van der Waals surface area contributed by atoms with E-state index in [2.05, 4.69) is 20.7 Å². The second-order valence-corrected chi connectivity index (χ2v) is 6.43. The lowest BCUT2D eigenvalue weighted by atomic mass is 10.0. The van der Waals surface area contributed by atoms with Gasteiger partial charge in [0.2, 0.25) is 0 Å². The molecule has 8 heteroatoms. The topological polar surface area (TPSA) is 109 Å². The van der Waals surface area contributed by atoms with Gasteiger partial charge in [-0.3, -0.25) is 4.79 Å². The molecule has 1 aliphatic rings. The molecule has 1 aliphatic heterocycles. The molecule has 27 heavy (non-hydrogen) atoms. The number of aromatic nitrogens is 3. The van der Waals surface area contributed by atoms with Crippen molar-refractivity contribution >= 4 is 16.9 Å². The average molecular weight is 368 g/mol. The van der Waals surface area contributed by atoms with Crippen LogP contribution in [0.25, 0.3) is 11.0 Å². The summed E-state index contributed by atoms with van der Waals surface area (Å²) in [7, 11) is 0. The molecule has 2 aromatic carbocycles. The zero-order valence-corrected chi connectivity index (χ0v) is 14.6. The molecule has 4 rings (SSSR count). The Bertz CT molecular complexity index is 925. The highest BCUT2D eigenvalue weighted by atomic mass is 16.5. The predicted molar refractivity (Wildman–Crippen MR) is 97.4 cm³/mol. The molecule has 1 aromatic heterocycles. The van der Waals surface area contributed by atoms with Gasteiger partial charge < -0.3 is 19.9 Å². The smallest absolute Gasteiger partial charge is 0.251 e. The maximum atomic E-state index is 12.7. The lowest BCUT2D eigenvalue weighted by Crippen LogP contribution is -2.51. The van der Waals surface area contributed by atoms with Gasteiger partial charge in [-0.25, -0.2) is 0 Å². The van der Waals surface area contributed by atoms with Crippen LogP contribution in [0.15, 0.2) is 42.5 Å². The van der Waals surface area contributed by atoms with E-state index in [1.54, 1.807) is 42.5 Å². The Morgan fingerprint density at radius 2 is 2.04 bits per heavy atom. The number of rotatable bonds is 5. The normalized spacial score (nSPS) is 19.7. The molecule has 0 spiro atoms. The van der Waals surface area contributed by atoms with Crippen LogP contribution in [0.1, 0.15) is 22.3 Å². The third-order valence-corrected chi connectivity index (χ3v) is 4.59. The van der Waals surface area contributed by atoms with Gasteiger partial charge in [-0.15, -0.1) is 0 Å². The molecular weight excluding hydrogens is 348 g/mol. The van der Waals surface area contributed by atoms with Crippen LogP contribution in [0.2, 0.25) is 0 Å². The number of nitrogens with one attached hydrogen (secondary N) is 2. The molecule has 1 saturated heterocycles. The SMILES string of the molecule is O=C(N[C@@H]1CCOC[C@H]1Oc1ccc(CO)cc1)c1ccc2n[nH]nc2c1. The minimum atomic E-state index is -0.293. The molecule has 2 heterocycles. The number of aliphatic hydroxyl groups is 1. The van der Waals surface area contributed by atoms with Crippen molar-refractivity contribution in [1.29, 1.82) is 0 Å². The fraction of sp³-hybridized carbons (Fsp3) is 0.316. The number of H-pyrrole nitrogens is 1. The van der Waals surface area contributed by atoms with Crippen molar-refractivity contribution < 1.29 is 19.4 Å². The zero-order valence-electron chi connectivity index (χ0n) is 14.6. The number of carbonyl (C=O) groups excluding carboxylic acids is 1. The summed E-state index contributed by atoms with van der Waals surface area (Å²) in [5.41, 5.74) is 2.70. The lowest BCUT2D eigenvalue weighted by Gasteiger charge is -2.32. The summed E-state index contributed by atoms with van der Waals surface area (Å²) < 4.78 is 11.5. The minimum Gasteiger partial charge on any atom is -0.486 e. The largest absolute Gasteiger partial charge is 0.486 e. The first kappa shape index (κ1) is 17.4. The maximum Gasteiger partial charge on any atom is 0.251 e. The maximum absolute atomic E-state index is 12.7. The van der Waals surface area contributed by atoms with E-state index in [-0.39, 0.29) is 24.7 Å². The third kappa shape index (κ3) is 3.91. The van der Waals surface area contributed by atoms with Crippen molar-refractivity contribution in [3.05, 3.63) is 53.6 Å². The minimum absolute atomic E-state index is 0.0125. The molecule has 1 amide bonds. The highest BCUT2D eigenvalue weighted by molar-refractivity contribution is 5.97. The quantitative estimate of drug-likeness (QED) is 0.628. The predicted octanol–water partition coefficient (Wildman–Crippen LogP) is 1.42. The van der Waals surface area contributed by atoms with Crippen LogP contribution in [0.4, 0.5) is 0 Å². The summed E-state index contributed by atoms with van der Waals surface area (Å²) in [4.78, 5) is 12.7. The van der Waals surface area contributed by atoms with Crippen LogP contribution in [0, 0.1) is 0 Å². The van der Waals surface area contributed by atoms with Gasteiger partial charge in [0, 0.05) is 12.2 Å². The van der Waals surface area contributed by atoms with E-state index in [1.165, 1.54) is 0 Å². The van der Waals surface area contributed by atoms with Crippen molar-refractivity contribution in [2.75, 3.05) is 13.2 Å². The monoisotopic (exact) mass is 368 g/mol. The standard InChI is InChI=1S/C19H20N4O4/c24-10-12-1-4-14(5-2-12)27-18-11-26-8-7-16(18)20-19(25)13-3-6-15-17(9-13)22-23-21-15/h1-6,9,16,18,24H,7-8,10-11H2,(H,20,25)(H,21,22,23)/t16-,18-/m1/s1. The lowest BCUT2D eigenvalue weighted by molar-refractivity contribution is -0.0135. The summed E-state index contributed by atoms with van der Waals surface area (Å²) in [6, 6.07) is 12.2. The summed E-state index contributed by atoms with van der Waals surface area (Å²) in [5.74, 6) is 0.488. The van der Waals surface area contributed by atoms with Gasteiger partial charge >= 0.3 is 0 Å². The van der Waals surface area contributed by atoms with Crippen LogP contribution in [-0.2, 0) is 11.3 Å². The molecule has 0 bridgehead atoms. The van der Waals surface area contributed by atoms with Crippen molar-refractivity contribution in [1.82, 2.24) is 20.7 Å². The number of aromatic amines is 1. The van der Waals surface area contributed by atoms with E-state index >= 15 is 0 Å². The Morgan fingerprint density at radius 1 is 1.22 bits per heavy atom. The van der Waals surface area contributed by atoms with Gasteiger partial charge in [-0.05, 0) is 42.3 Å². The highest BCUT2D eigenvalue weighted by Crippen LogP contribution is 2.19. The number of carbonyl (C=O) groups is 1. The van der Waals surface area contributed by atoms with Crippen LogP contribution in [-0.4, -0.2) is 51.8 Å². The number of hydrogen-bond donors (Lipinski definition) is 3. The van der Waals surface area contributed by atoms with Crippen molar-refractivity contribution in [2.45, 2.75) is 25.2 Å². The molecule has 0 aliphatic carbocycles. The first-order valence-corrected chi connectivity index (χ1v) is 8.78. The second-order valence-electron chi connectivity index (χ2n) is 6.43. The van der Waals surface area contributed by atoms with Crippen LogP contribution < -0.4 is 10.1 Å². The summed E-state index contributed by atoms with van der Waals surface area (Å²) in [6.07, 6.45) is 0.371. The van der Waals surface area contributed by atoms with Gasteiger partial charge in [-0.1, -0.05) is 12.1 Å². The third-order valence-electron chi connectivity index (χ3n) is 4.59. The Labute approximate surface area is 155 Å². The van der Waals surface area contributed by atoms with Gasteiger partial charge in [0.05, 0.1) is 19.3 Å². The molecule has 3 aromatic rings. The molecular formula is C19H20N4O4. The Hall–Kier alpha value is -2.97. The molecule has 0 unspecified atom stereocenters. The number of amides is 1. The fourth-order valence-electron chi connectivity index (χ4n) is 3.07. The molecule has 0 radical (unpaired) electrons. The van der Waals surface area contributed by atoms with Crippen LogP contribution in [0.3, 0.4) is 0 Å². The molecule has 8 nitrogen and oxygen atoms in total. The van der Waals surface area contributed by atoms with E-state index in [1.807, 2.05) is 0 Å². The van der Waals surface area contributed by atoms with Gasteiger partial charge in [-0.2, -0.15) is 15.4 Å². The first-order chi connectivity index (χ1) is 13.2. The Morgan fingerprint density at radius 3 is 2.85 bits per heavy atom. The molecule has 1 fully saturated rings. The Balaban J connectivity index is 1.45. The number of fused-ring (bicyclic) bond motifs is 1. The van der Waals surface area contributed by atoms with E-state index < -0.39 is 0 Å². The molecule has 2 atom stereocenters. The second kappa shape index (κ2) is 7.73. The summed E-state index contributed by atoms with van der Waals surface area (Å²) >= 11 is 0. The van der Waals surface area contributed by atoms with E-state index in [0.717, 1.165) is 5.56 Å². The highest BCUT2D eigenvalue weighted by Gasteiger charge is 2.29. The number of nitrogens with zero attached hydrogens (tertiary/aromatic N) is 2. The first-order valence-electron chi connectivity index (χ1n) is 8.78. The number of aliphatic hydroxyl groups excluding tert-OH is 1. The van der Waals surface area contributed by atoms with Crippen LogP contribution >= 0.6 is 0 Å². The molecule has 3 N–H and O–H groups in total. The number of ether oxygens (including phenoxy) is 2. The average Bonchev–Trinajstić information content (AvgIpc) is 3.18. The number of hydrogen-bond acceptors (Lipinski definition) is 6.